The van der Waals surface area contributed by atoms with Crippen LogP contribution in [0.1, 0.15) is 149 Å². The van der Waals surface area contributed by atoms with Gasteiger partial charge in [-0.15, -0.1) is 0 Å². The first-order valence-corrected chi connectivity index (χ1v) is 18.6. The molecule has 0 radical (unpaired) electrons. The number of fused-ring (bicyclic) bond motifs is 6. The molecule has 38 heavy (non-hydrogen) atoms. The zero-order valence-corrected chi connectivity index (χ0v) is 25.8. The van der Waals surface area contributed by atoms with E-state index in [0.29, 0.717) is 0 Å². The van der Waals surface area contributed by atoms with Crippen LogP contribution in [-0.4, -0.2) is 0 Å². The van der Waals surface area contributed by atoms with Crippen molar-refractivity contribution < 1.29 is 0 Å². The second-order valence-electron chi connectivity index (χ2n) is 16.9. The van der Waals surface area contributed by atoms with Crippen LogP contribution in [0.4, 0.5) is 0 Å². The van der Waals surface area contributed by atoms with Crippen LogP contribution in [0.15, 0.2) is 0 Å². The minimum Gasteiger partial charge on any atom is -0.0654 e. The topological polar surface area (TPSA) is 0 Å². The van der Waals surface area contributed by atoms with Gasteiger partial charge < -0.3 is 0 Å². The van der Waals surface area contributed by atoms with Crippen molar-refractivity contribution in [2.24, 2.45) is 88.8 Å². The van der Waals surface area contributed by atoms with Crippen molar-refractivity contribution in [1.29, 1.82) is 0 Å². The van der Waals surface area contributed by atoms with Gasteiger partial charge in [-0.1, -0.05) is 85.0 Å². The molecule has 0 heteroatoms. The molecule has 216 valence electrons. The predicted octanol–water partition coefficient (Wildman–Crippen LogP) is 11.2. The zero-order valence-electron chi connectivity index (χ0n) is 25.8. The molecule has 0 N–H and O–H groups in total. The van der Waals surface area contributed by atoms with Crippen LogP contribution in [0.25, 0.3) is 0 Å². The van der Waals surface area contributed by atoms with E-state index in [9.17, 15) is 0 Å². The molecule has 0 bridgehead atoms. The van der Waals surface area contributed by atoms with Crippen molar-refractivity contribution in [3.05, 3.63) is 0 Å². The summed E-state index contributed by atoms with van der Waals surface area (Å²) in [6.45, 7) is 7.82. The Bertz CT molecular complexity index is 781. The lowest BCUT2D eigenvalue weighted by Crippen LogP contribution is -2.48. The monoisotopic (exact) mass is 521 g/mol. The third kappa shape index (κ3) is 4.69. The fourth-order valence-corrected chi connectivity index (χ4v) is 14.3. The highest BCUT2D eigenvalue weighted by atomic mass is 14.6. The summed E-state index contributed by atoms with van der Waals surface area (Å²) in [5.41, 5.74) is 0. The first-order chi connectivity index (χ1) is 18.6. The summed E-state index contributed by atoms with van der Waals surface area (Å²) in [4.78, 5) is 0. The van der Waals surface area contributed by atoms with E-state index in [2.05, 4.69) is 20.8 Å². The zero-order chi connectivity index (χ0) is 25.8. The third-order valence-corrected chi connectivity index (χ3v) is 15.5. The van der Waals surface area contributed by atoms with Crippen molar-refractivity contribution in [2.45, 2.75) is 149 Å². The van der Waals surface area contributed by atoms with Crippen LogP contribution in [0.2, 0.25) is 0 Å². The SMILES string of the molecule is CCCC1CCCCC1C1CCC(C2CCC3CCCC(C)C3C2)C2CC3CC(C)C4CCCCC4C3C12. The number of hydrogen-bond donors (Lipinski definition) is 0. The molecule has 15 unspecified atom stereocenters. The Morgan fingerprint density at radius 1 is 0.421 bits per heavy atom. The maximum Gasteiger partial charge on any atom is -0.0318 e. The molecule has 0 aromatic heterocycles. The van der Waals surface area contributed by atoms with Crippen molar-refractivity contribution in [1.82, 2.24) is 0 Å². The maximum atomic E-state index is 2.69. The average Bonchev–Trinajstić information content (AvgIpc) is 3.33. The normalized spacial score (nSPS) is 54.9. The molecule has 7 saturated carbocycles. The molecule has 7 aliphatic carbocycles. The molecular weight excluding hydrogens is 456 g/mol. The van der Waals surface area contributed by atoms with Gasteiger partial charge in [0.05, 0.1) is 0 Å². The Hall–Kier alpha value is 0. The molecule has 7 rings (SSSR count). The van der Waals surface area contributed by atoms with Gasteiger partial charge in [-0.3, -0.25) is 0 Å². The molecule has 0 saturated heterocycles. The van der Waals surface area contributed by atoms with Crippen molar-refractivity contribution in [3.63, 3.8) is 0 Å². The van der Waals surface area contributed by atoms with Crippen LogP contribution in [0, 0.1) is 88.8 Å². The van der Waals surface area contributed by atoms with Gasteiger partial charge in [0.1, 0.15) is 0 Å². The van der Waals surface area contributed by atoms with E-state index in [1.54, 1.807) is 109 Å². The summed E-state index contributed by atoms with van der Waals surface area (Å²) in [5.74, 6) is 16.5. The lowest BCUT2D eigenvalue weighted by molar-refractivity contribution is -0.0613. The molecule has 0 aromatic carbocycles. The fraction of sp³-hybridized carbons (Fsp3) is 1.00. The molecule has 0 aliphatic heterocycles. The molecular formula is C38H64. The van der Waals surface area contributed by atoms with Gasteiger partial charge >= 0.3 is 0 Å². The Kier molecular flexibility index (Phi) is 8.03. The molecule has 15 atom stereocenters. The molecule has 0 aromatic rings. The summed E-state index contributed by atoms with van der Waals surface area (Å²) in [5, 5.41) is 0. The standard InChI is InChI=1S/C38H64/c1-4-10-26-12-5-6-15-31(26)34-20-19-32(28-18-17-27-13-9-11-24(2)35(27)22-28)36-23-29-21-25(3)30-14-7-8-16-33(30)37(29)38(34)36/h24-38H,4-23H2,1-3H3. The Labute approximate surface area is 237 Å². The van der Waals surface area contributed by atoms with E-state index in [1.165, 1.54) is 19.3 Å². The average molecular weight is 521 g/mol. The fourth-order valence-electron chi connectivity index (χ4n) is 14.3. The van der Waals surface area contributed by atoms with Gasteiger partial charge in [0.2, 0.25) is 0 Å². The smallest absolute Gasteiger partial charge is 0.0318 e. The van der Waals surface area contributed by atoms with Gasteiger partial charge in [0.25, 0.3) is 0 Å². The maximum absolute atomic E-state index is 2.69. The minimum atomic E-state index is 1.02. The molecule has 7 fully saturated rings. The van der Waals surface area contributed by atoms with E-state index in [1.807, 2.05) is 0 Å². The van der Waals surface area contributed by atoms with E-state index < -0.39 is 0 Å². The lowest BCUT2D eigenvalue weighted by Gasteiger charge is -2.55. The second-order valence-corrected chi connectivity index (χ2v) is 16.9. The lowest BCUT2D eigenvalue weighted by atomic mass is 9.50. The van der Waals surface area contributed by atoms with Gasteiger partial charge in [0.15, 0.2) is 0 Å². The van der Waals surface area contributed by atoms with Crippen LogP contribution in [0.5, 0.6) is 0 Å². The Balaban J connectivity index is 1.19. The quantitative estimate of drug-likeness (QED) is 0.346. The molecule has 0 amide bonds. The largest absolute Gasteiger partial charge is 0.0654 e. The Morgan fingerprint density at radius 2 is 1.11 bits per heavy atom. The van der Waals surface area contributed by atoms with Crippen LogP contribution < -0.4 is 0 Å². The predicted molar refractivity (Wildman–Crippen MR) is 162 cm³/mol. The molecule has 0 heterocycles. The molecule has 0 spiro atoms. The van der Waals surface area contributed by atoms with Crippen molar-refractivity contribution in [2.75, 3.05) is 0 Å². The number of hydrogen-bond acceptors (Lipinski definition) is 0. The summed E-state index contributed by atoms with van der Waals surface area (Å²) in [6.07, 6.45) is 31.7. The van der Waals surface area contributed by atoms with Crippen LogP contribution >= 0.6 is 0 Å². The first-order valence-electron chi connectivity index (χ1n) is 18.6. The summed E-state index contributed by atoms with van der Waals surface area (Å²) >= 11 is 0. The Morgan fingerprint density at radius 3 is 1.95 bits per heavy atom. The van der Waals surface area contributed by atoms with E-state index in [0.717, 1.165) is 88.8 Å². The highest BCUT2D eigenvalue weighted by molar-refractivity contribution is 5.08. The minimum absolute atomic E-state index is 1.02. The first kappa shape index (κ1) is 26.9. The van der Waals surface area contributed by atoms with Crippen LogP contribution in [0.3, 0.4) is 0 Å². The van der Waals surface area contributed by atoms with Crippen LogP contribution in [-0.2, 0) is 0 Å². The van der Waals surface area contributed by atoms with Crippen molar-refractivity contribution >= 4 is 0 Å². The third-order valence-electron chi connectivity index (χ3n) is 15.5. The van der Waals surface area contributed by atoms with E-state index in [-0.39, 0.29) is 0 Å². The highest BCUT2D eigenvalue weighted by Crippen LogP contribution is 2.67. The summed E-state index contributed by atoms with van der Waals surface area (Å²) in [7, 11) is 0. The summed E-state index contributed by atoms with van der Waals surface area (Å²) < 4.78 is 0. The molecule has 0 nitrogen and oxygen atoms in total. The number of rotatable bonds is 4. The summed E-state index contributed by atoms with van der Waals surface area (Å²) in [6, 6.07) is 0. The van der Waals surface area contributed by atoms with Crippen molar-refractivity contribution in [3.8, 4) is 0 Å². The van der Waals surface area contributed by atoms with E-state index >= 15 is 0 Å². The van der Waals surface area contributed by atoms with Gasteiger partial charge in [-0.25, -0.2) is 0 Å². The van der Waals surface area contributed by atoms with Gasteiger partial charge in [-0.05, 0) is 153 Å². The second kappa shape index (κ2) is 11.3. The highest BCUT2D eigenvalue weighted by Gasteiger charge is 2.59. The molecule has 7 aliphatic rings. The van der Waals surface area contributed by atoms with Gasteiger partial charge in [0, 0.05) is 0 Å². The van der Waals surface area contributed by atoms with Gasteiger partial charge in [-0.2, -0.15) is 0 Å². The van der Waals surface area contributed by atoms with E-state index in [4.69, 9.17) is 0 Å².